The molecule has 3 aromatic rings. The second kappa shape index (κ2) is 6.58. The van der Waals surface area contributed by atoms with Gasteiger partial charge in [0.15, 0.2) is 17.3 Å². The van der Waals surface area contributed by atoms with Gasteiger partial charge in [0, 0.05) is 5.56 Å². The molecular weight excluding hydrogens is 314 g/mol. The van der Waals surface area contributed by atoms with E-state index in [0.29, 0.717) is 28.0 Å². The summed E-state index contributed by atoms with van der Waals surface area (Å²) in [6.07, 6.45) is 3.30. The molecule has 0 aliphatic rings. The van der Waals surface area contributed by atoms with E-state index in [9.17, 15) is 5.11 Å². The molecule has 0 atom stereocenters. The van der Waals surface area contributed by atoms with Crippen molar-refractivity contribution in [3.05, 3.63) is 66.2 Å². The van der Waals surface area contributed by atoms with Gasteiger partial charge in [0.1, 0.15) is 5.03 Å². The summed E-state index contributed by atoms with van der Waals surface area (Å²) in [5.74, 6) is 1.41. The summed E-state index contributed by atoms with van der Waals surface area (Å²) in [5.41, 5.74) is 1.64. The molecule has 0 saturated heterocycles. The van der Waals surface area contributed by atoms with Gasteiger partial charge in [0.05, 0.1) is 13.3 Å². The number of methoxy groups -OCH3 is 1. The van der Waals surface area contributed by atoms with Crippen molar-refractivity contribution < 1.29 is 14.3 Å². The molecule has 1 N–H and O–H groups in total. The third-order valence-corrected chi connectivity index (χ3v) is 3.54. The average Bonchev–Trinajstić information content (AvgIpc) is 3.06. The second-order valence-corrected chi connectivity index (χ2v) is 5.23. The summed E-state index contributed by atoms with van der Waals surface area (Å²) in [5, 5.41) is 10.1. The fourth-order valence-corrected chi connectivity index (χ4v) is 2.34. The van der Waals surface area contributed by atoms with E-state index >= 15 is 0 Å². The summed E-state index contributed by atoms with van der Waals surface area (Å²) in [7, 11) is 1.50. The Morgan fingerprint density at radius 2 is 2.00 bits per heavy atom. The Bertz CT molecular complexity index is 840. The molecule has 5 heteroatoms. The zero-order chi connectivity index (χ0) is 16.2. The molecule has 1 heterocycles. The first kappa shape index (κ1) is 15.2. The number of nitrogens with zero attached hydrogens (tertiary/aromatic N) is 1. The van der Waals surface area contributed by atoms with Crippen molar-refractivity contribution in [2.24, 2.45) is 0 Å². The first-order chi connectivity index (χ1) is 11.2. The molecule has 23 heavy (non-hydrogen) atoms. The normalized spacial score (nSPS) is 11.5. The van der Waals surface area contributed by atoms with E-state index in [0.717, 1.165) is 5.56 Å². The molecule has 0 amide bonds. The van der Waals surface area contributed by atoms with Crippen molar-refractivity contribution in [3.63, 3.8) is 0 Å². The molecule has 0 aliphatic heterocycles. The van der Waals surface area contributed by atoms with Crippen LogP contribution >= 0.6 is 11.6 Å². The van der Waals surface area contributed by atoms with E-state index in [1.165, 1.54) is 7.11 Å². The maximum atomic E-state index is 9.79. The number of phenols is 1. The standard InChI is InChI=1S/C18H14ClNO3/c1-22-16-8-7-12(10-15(16)21)9-14(19)18-20-11-17(23-18)13-5-3-2-4-6-13/h2-11,21H,1H3. The highest BCUT2D eigenvalue weighted by molar-refractivity contribution is 6.50. The van der Waals surface area contributed by atoms with Crippen molar-refractivity contribution in [3.8, 4) is 22.8 Å². The quantitative estimate of drug-likeness (QED) is 0.748. The first-order valence-corrected chi connectivity index (χ1v) is 7.31. The van der Waals surface area contributed by atoms with Crippen LogP contribution < -0.4 is 4.74 Å². The number of ether oxygens (including phenoxy) is 1. The third kappa shape index (κ3) is 3.38. The molecule has 0 bridgehead atoms. The van der Waals surface area contributed by atoms with Crippen molar-refractivity contribution >= 4 is 22.7 Å². The molecule has 0 radical (unpaired) electrons. The molecule has 0 spiro atoms. The van der Waals surface area contributed by atoms with Gasteiger partial charge in [-0.05, 0) is 23.8 Å². The molecule has 4 nitrogen and oxygen atoms in total. The van der Waals surface area contributed by atoms with Gasteiger partial charge < -0.3 is 14.3 Å². The number of aromatic nitrogens is 1. The van der Waals surface area contributed by atoms with Gasteiger partial charge in [-0.1, -0.05) is 48.0 Å². The summed E-state index contributed by atoms with van der Waals surface area (Å²) in [4.78, 5) is 4.19. The lowest BCUT2D eigenvalue weighted by molar-refractivity contribution is 0.373. The number of halogens is 1. The zero-order valence-electron chi connectivity index (χ0n) is 12.4. The van der Waals surface area contributed by atoms with Gasteiger partial charge in [-0.3, -0.25) is 0 Å². The van der Waals surface area contributed by atoms with Gasteiger partial charge in [0.2, 0.25) is 5.89 Å². The molecule has 1 aromatic heterocycles. The van der Waals surface area contributed by atoms with E-state index < -0.39 is 0 Å². The smallest absolute Gasteiger partial charge is 0.238 e. The van der Waals surface area contributed by atoms with Gasteiger partial charge >= 0.3 is 0 Å². The lowest BCUT2D eigenvalue weighted by Crippen LogP contribution is -1.84. The second-order valence-electron chi connectivity index (χ2n) is 4.82. The third-order valence-electron chi connectivity index (χ3n) is 3.26. The Morgan fingerprint density at radius 1 is 1.22 bits per heavy atom. The number of hydrogen-bond acceptors (Lipinski definition) is 4. The molecule has 0 aliphatic carbocycles. The van der Waals surface area contributed by atoms with Crippen LogP contribution in [0.25, 0.3) is 22.4 Å². The lowest BCUT2D eigenvalue weighted by Gasteiger charge is -2.03. The fourth-order valence-electron chi connectivity index (χ4n) is 2.13. The van der Waals surface area contributed by atoms with Gasteiger partial charge in [-0.25, -0.2) is 4.98 Å². The minimum Gasteiger partial charge on any atom is -0.504 e. The Labute approximate surface area is 138 Å². The van der Waals surface area contributed by atoms with Gasteiger partial charge in [0.25, 0.3) is 0 Å². The Kier molecular flexibility index (Phi) is 4.35. The van der Waals surface area contributed by atoms with Gasteiger partial charge in [-0.15, -0.1) is 0 Å². The van der Waals surface area contributed by atoms with Crippen molar-refractivity contribution in [1.29, 1.82) is 0 Å². The first-order valence-electron chi connectivity index (χ1n) is 6.93. The van der Waals surface area contributed by atoms with Crippen LogP contribution in [0.5, 0.6) is 11.5 Å². The monoisotopic (exact) mass is 327 g/mol. The Balaban J connectivity index is 1.87. The maximum absolute atomic E-state index is 9.79. The minimum atomic E-state index is 0.0445. The average molecular weight is 328 g/mol. The van der Waals surface area contributed by atoms with Gasteiger partial charge in [-0.2, -0.15) is 0 Å². The van der Waals surface area contributed by atoms with Crippen molar-refractivity contribution in [1.82, 2.24) is 4.98 Å². The molecule has 0 saturated carbocycles. The lowest BCUT2D eigenvalue weighted by atomic mass is 10.2. The van der Waals surface area contributed by atoms with Crippen LogP contribution in [0.3, 0.4) is 0 Å². The van der Waals surface area contributed by atoms with E-state index in [-0.39, 0.29) is 5.75 Å². The molecule has 2 aromatic carbocycles. The Morgan fingerprint density at radius 3 is 2.70 bits per heavy atom. The number of phenolic OH excluding ortho intramolecular Hbond substituents is 1. The summed E-state index contributed by atoms with van der Waals surface area (Å²) < 4.78 is 10.7. The number of rotatable bonds is 4. The van der Waals surface area contributed by atoms with Crippen LogP contribution in [0.15, 0.2) is 59.1 Å². The highest BCUT2D eigenvalue weighted by Crippen LogP contribution is 2.30. The van der Waals surface area contributed by atoms with Crippen LogP contribution in [0.1, 0.15) is 11.5 Å². The fraction of sp³-hybridized carbons (Fsp3) is 0.0556. The van der Waals surface area contributed by atoms with E-state index in [4.69, 9.17) is 20.8 Å². The topological polar surface area (TPSA) is 55.5 Å². The Hall–Kier alpha value is -2.72. The molecule has 116 valence electrons. The molecule has 3 rings (SSSR count). The van der Waals surface area contributed by atoms with Crippen LogP contribution in [0.4, 0.5) is 0 Å². The van der Waals surface area contributed by atoms with E-state index in [1.54, 1.807) is 30.5 Å². The highest BCUT2D eigenvalue weighted by Gasteiger charge is 2.10. The predicted molar refractivity (Wildman–Crippen MR) is 90.3 cm³/mol. The van der Waals surface area contributed by atoms with Crippen LogP contribution in [0.2, 0.25) is 0 Å². The zero-order valence-corrected chi connectivity index (χ0v) is 13.1. The summed E-state index contributed by atoms with van der Waals surface area (Å²) in [6, 6.07) is 14.7. The molecule has 0 unspecified atom stereocenters. The van der Waals surface area contributed by atoms with Crippen LogP contribution in [-0.4, -0.2) is 17.2 Å². The minimum absolute atomic E-state index is 0.0445. The number of benzene rings is 2. The summed E-state index contributed by atoms with van der Waals surface area (Å²) >= 11 is 6.26. The van der Waals surface area contributed by atoms with Crippen molar-refractivity contribution in [2.75, 3.05) is 7.11 Å². The predicted octanol–water partition coefficient (Wildman–Crippen LogP) is 4.79. The van der Waals surface area contributed by atoms with Crippen molar-refractivity contribution in [2.45, 2.75) is 0 Å². The number of aromatic hydroxyl groups is 1. The molecule has 0 fully saturated rings. The van der Waals surface area contributed by atoms with E-state index in [1.807, 2.05) is 30.3 Å². The number of hydrogen-bond donors (Lipinski definition) is 1. The SMILES string of the molecule is COc1ccc(C=C(Cl)c2ncc(-c3ccccc3)o2)cc1O. The van der Waals surface area contributed by atoms with Crippen LogP contribution in [0, 0.1) is 0 Å². The maximum Gasteiger partial charge on any atom is 0.238 e. The largest absolute Gasteiger partial charge is 0.504 e. The summed E-state index contributed by atoms with van der Waals surface area (Å²) in [6.45, 7) is 0. The highest BCUT2D eigenvalue weighted by atomic mass is 35.5. The van der Waals surface area contributed by atoms with E-state index in [2.05, 4.69) is 4.98 Å². The number of oxazole rings is 1. The van der Waals surface area contributed by atoms with Crippen LogP contribution in [-0.2, 0) is 0 Å². The molecular formula is C18H14ClNO3.